The Morgan fingerprint density at radius 3 is 1.93 bits per heavy atom. The molecule has 0 bridgehead atoms. The van der Waals surface area contributed by atoms with Crippen molar-refractivity contribution < 1.29 is 23.9 Å². The maximum atomic E-state index is 13.2. The fourth-order valence-corrected chi connectivity index (χ4v) is 2.93. The van der Waals surface area contributed by atoms with Gasteiger partial charge >= 0.3 is 12.0 Å². The number of nitrogens with one attached hydrogen (secondary N) is 2. The minimum Gasteiger partial charge on any atom is -0.453 e. The van der Waals surface area contributed by atoms with E-state index in [1.165, 1.54) is 0 Å². The second-order valence-corrected chi connectivity index (χ2v) is 7.07. The minimum atomic E-state index is -1.53. The number of imide groups is 1. The number of carbonyl (C=O) groups excluding carboxylic acids is 3. The lowest BCUT2D eigenvalue weighted by atomic mass is 9.86. The van der Waals surface area contributed by atoms with Crippen LogP contribution in [-0.2, 0) is 24.7 Å². The number of carbonyl (C=O) groups is 3. The van der Waals surface area contributed by atoms with Gasteiger partial charge in [0.15, 0.2) is 6.61 Å². The van der Waals surface area contributed by atoms with Crippen molar-refractivity contribution >= 4 is 17.9 Å². The van der Waals surface area contributed by atoms with Gasteiger partial charge in [0.25, 0.3) is 5.91 Å². The number of hydrogen-bond acceptors (Lipinski definition) is 5. The van der Waals surface area contributed by atoms with Gasteiger partial charge in [-0.3, -0.25) is 10.1 Å². The normalized spacial score (nSPS) is 11.1. The molecule has 0 unspecified atom stereocenters. The summed E-state index contributed by atoms with van der Waals surface area (Å²) in [5.41, 5.74) is -0.367. The number of ether oxygens (including phenoxy) is 2. The van der Waals surface area contributed by atoms with Crippen LogP contribution in [0.4, 0.5) is 4.79 Å². The van der Waals surface area contributed by atoms with Crippen LogP contribution in [0.1, 0.15) is 31.9 Å². The molecule has 0 fully saturated rings. The zero-order valence-corrected chi connectivity index (χ0v) is 17.5. The SMILES string of the molecule is CCOC(C(=O)OCC(=O)NC(=O)NCC(C)C)(c1ccccc1)c1ccccc1. The Kier molecular flexibility index (Phi) is 8.55. The zero-order chi connectivity index (χ0) is 22.0. The summed E-state index contributed by atoms with van der Waals surface area (Å²) in [4.78, 5) is 37.0. The minimum absolute atomic E-state index is 0.239. The van der Waals surface area contributed by atoms with Crippen LogP contribution >= 0.6 is 0 Å². The van der Waals surface area contributed by atoms with Crippen molar-refractivity contribution in [3.05, 3.63) is 71.8 Å². The van der Waals surface area contributed by atoms with Gasteiger partial charge < -0.3 is 14.8 Å². The molecule has 0 atom stereocenters. The highest BCUT2D eigenvalue weighted by atomic mass is 16.6. The van der Waals surface area contributed by atoms with Gasteiger partial charge in [0.2, 0.25) is 5.60 Å². The molecule has 0 saturated carbocycles. The Morgan fingerprint density at radius 2 is 1.47 bits per heavy atom. The van der Waals surface area contributed by atoms with E-state index in [1.807, 2.05) is 26.0 Å². The number of esters is 1. The number of rotatable bonds is 9. The van der Waals surface area contributed by atoms with E-state index < -0.39 is 30.1 Å². The number of urea groups is 1. The summed E-state index contributed by atoms with van der Waals surface area (Å²) < 4.78 is 11.3. The smallest absolute Gasteiger partial charge is 0.348 e. The van der Waals surface area contributed by atoms with Crippen molar-refractivity contribution in [1.82, 2.24) is 10.6 Å². The Bertz CT molecular complexity index is 798. The van der Waals surface area contributed by atoms with E-state index in [-0.39, 0.29) is 12.5 Å². The quantitative estimate of drug-likeness (QED) is 0.618. The van der Waals surface area contributed by atoms with Gasteiger partial charge in [0.05, 0.1) is 0 Å². The van der Waals surface area contributed by atoms with Crippen LogP contribution in [0, 0.1) is 5.92 Å². The molecule has 0 aliphatic heterocycles. The predicted octanol–water partition coefficient (Wildman–Crippen LogP) is 2.99. The summed E-state index contributed by atoms with van der Waals surface area (Å²) in [7, 11) is 0. The number of hydrogen-bond donors (Lipinski definition) is 2. The van der Waals surface area contributed by atoms with Gasteiger partial charge in [-0.1, -0.05) is 74.5 Å². The standard InChI is InChI=1S/C23H28N2O5/c1-4-30-23(18-11-7-5-8-12-18,19-13-9-6-10-14-19)21(27)29-16-20(26)25-22(28)24-15-17(2)3/h5-14,17H,4,15-16H2,1-3H3,(H2,24,25,26,28). The maximum absolute atomic E-state index is 13.2. The highest BCUT2D eigenvalue weighted by Gasteiger charge is 2.45. The summed E-state index contributed by atoms with van der Waals surface area (Å²) in [6, 6.07) is 17.3. The Hall–Kier alpha value is -3.19. The third-order valence-corrected chi connectivity index (χ3v) is 4.27. The van der Waals surface area contributed by atoms with E-state index >= 15 is 0 Å². The molecule has 0 aromatic heterocycles. The third-order valence-electron chi connectivity index (χ3n) is 4.27. The topological polar surface area (TPSA) is 93.7 Å². The lowest BCUT2D eigenvalue weighted by Gasteiger charge is -2.32. The van der Waals surface area contributed by atoms with Crippen molar-refractivity contribution in [1.29, 1.82) is 0 Å². The van der Waals surface area contributed by atoms with Gasteiger partial charge in [0.1, 0.15) is 0 Å². The van der Waals surface area contributed by atoms with Crippen LogP contribution in [0.2, 0.25) is 0 Å². The van der Waals surface area contributed by atoms with E-state index in [1.54, 1.807) is 55.5 Å². The summed E-state index contributed by atoms with van der Waals surface area (Å²) in [6.45, 7) is 5.70. The fourth-order valence-electron chi connectivity index (χ4n) is 2.93. The molecule has 2 N–H and O–H groups in total. The van der Waals surface area contributed by atoms with Gasteiger partial charge in [-0.05, 0) is 24.0 Å². The van der Waals surface area contributed by atoms with Crippen LogP contribution in [0.5, 0.6) is 0 Å². The summed E-state index contributed by atoms with van der Waals surface area (Å²) in [6.07, 6.45) is 0. The molecular weight excluding hydrogens is 384 g/mol. The fraction of sp³-hybridized carbons (Fsp3) is 0.348. The zero-order valence-electron chi connectivity index (χ0n) is 17.5. The van der Waals surface area contributed by atoms with Crippen molar-refractivity contribution in [2.24, 2.45) is 5.92 Å². The highest BCUT2D eigenvalue weighted by molar-refractivity contribution is 5.96. The molecule has 0 radical (unpaired) electrons. The third kappa shape index (κ3) is 5.90. The van der Waals surface area contributed by atoms with E-state index in [9.17, 15) is 14.4 Å². The molecular formula is C23H28N2O5. The van der Waals surface area contributed by atoms with Gasteiger partial charge in [-0.25, -0.2) is 9.59 Å². The van der Waals surface area contributed by atoms with E-state index in [0.717, 1.165) is 0 Å². The van der Waals surface area contributed by atoms with Gasteiger partial charge in [-0.2, -0.15) is 0 Å². The van der Waals surface area contributed by atoms with Crippen LogP contribution in [0.25, 0.3) is 0 Å². The van der Waals surface area contributed by atoms with Crippen LogP contribution < -0.4 is 10.6 Å². The molecule has 2 aromatic carbocycles. The number of benzene rings is 2. The first-order valence-electron chi connectivity index (χ1n) is 9.90. The van der Waals surface area contributed by atoms with Crippen molar-refractivity contribution in [3.63, 3.8) is 0 Å². The molecule has 30 heavy (non-hydrogen) atoms. The van der Waals surface area contributed by atoms with Crippen molar-refractivity contribution in [2.45, 2.75) is 26.4 Å². The molecule has 0 aliphatic carbocycles. The molecule has 3 amide bonds. The highest BCUT2D eigenvalue weighted by Crippen LogP contribution is 2.35. The summed E-state index contributed by atoms with van der Waals surface area (Å²) >= 11 is 0. The average molecular weight is 412 g/mol. The largest absolute Gasteiger partial charge is 0.453 e. The average Bonchev–Trinajstić information content (AvgIpc) is 2.75. The first-order chi connectivity index (χ1) is 14.4. The second-order valence-electron chi connectivity index (χ2n) is 7.07. The van der Waals surface area contributed by atoms with Crippen LogP contribution in [-0.4, -0.2) is 37.7 Å². The monoisotopic (exact) mass is 412 g/mol. The van der Waals surface area contributed by atoms with Crippen LogP contribution in [0.15, 0.2) is 60.7 Å². The molecule has 7 nitrogen and oxygen atoms in total. The molecule has 160 valence electrons. The predicted molar refractivity (Wildman–Crippen MR) is 113 cm³/mol. The summed E-state index contributed by atoms with van der Waals surface area (Å²) in [5, 5.41) is 4.71. The summed E-state index contributed by atoms with van der Waals surface area (Å²) in [5.74, 6) is -1.22. The lowest BCUT2D eigenvalue weighted by molar-refractivity contribution is -0.170. The number of amides is 3. The molecule has 0 spiro atoms. The van der Waals surface area contributed by atoms with Gasteiger partial charge in [0, 0.05) is 13.2 Å². The van der Waals surface area contributed by atoms with Crippen molar-refractivity contribution in [3.8, 4) is 0 Å². The van der Waals surface area contributed by atoms with Crippen LogP contribution in [0.3, 0.4) is 0 Å². The second kappa shape index (κ2) is 11.1. The molecule has 7 heteroatoms. The first kappa shape index (κ1) is 23.1. The Morgan fingerprint density at radius 1 is 0.933 bits per heavy atom. The molecule has 0 heterocycles. The van der Waals surface area contributed by atoms with E-state index in [4.69, 9.17) is 9.47 Å². The maximum Gasteiger partial charge on any atom is 0.348 e. The Balaban J connectivity index is 2.20. The van der Waals surface area contributed by atoms with Crippen molar-refractivity contribution in [2.75, 3.05) is 19.8 Å². The molecule has 2 aromatic rings. The molecule has 0 aliphatic rings. The molecule has 0 saturated heterocycles. The van der Waals surface area contributed by atoms with E-state index in [0.29, 0.717) is 17.7 Å². The first-order valence-corrected chi connectivity index (χ1v) is 9.90. The van der Waals surface area contributed by atoms with Gasteiger partial charge in [-0.15, -0.1) is 0 Å². The van der Waals surface area contributed by atoms with E-state index in [2.05, 4.69) is 10.6 Å². The Labute approximate surface area is 176 Å². The lowest BCUT2D eigenvalue weighted by Crippen LogP contribution is -2.45. The molecule has 2 rings (SSSR count).